The monoisotopic (exact) mass is 157 g/mol. The van der Waals surface area contributed by atoms with Gasteiger partial charge in [0.2, 0.25) is 0 Å². The Morgan fingerprint density at radius 2 is 2.50 bits per heavy atom. The zero-order valence-electron chi connectivity index (χ0n) is 6.24. The second-order valence-corrected chi connectivity index (χ2v) is 2.83. The van der Waals surface area contributed by atoms with Crippen molar-refractivity contribution in [2.45, 2.75) is 24.9 Å². The molecule has 0 N–H and O–H groups in total. The molecule has 0 aliphatic heterocycles. The third-order valence-electron chi connectivity index (χ3n) is 1.23. The maximum atomic E-state index is 3.92. The summed E-state index contributed by atoms with van der Waals surface area (Å²) in [7, 11) is 0. The lowest BCUT2D eigenvalue weighted by Crippen LogP contribution is -1.99. The van der Waals surface area contributed by atoms with Gasteiger partial charge in [0.15, 0.2) is 0 Å². The van der Waals surface area contributed by atoms with E-state index in [-0.39, 0.29) is 0 Å². The molecule has 0 fully saturated rings. The van der Waals surface area contributed by atoms with Gasteiger partial charge < -0.3 is 0 Å². The minimum atomic E-state index is 0.968. The summed E-state index contributed by atoms with van der Waals surface area (Å²) >= 11 is 1.68. The topological polar surface area (TPSA) is 30.7 Å². The fourth-order valence-electron chi connectivity index (χ4n) is 0.773. The summed E-state index contributed by atoms with van der Waals surface area (Å²) in [6.45, 7) is 3.10. The molecular formula is C6H11N3S. The molecule has 0 aromatic carbocycles. The van der Waals surface area contributed by atoms with E-state index in [0.717, 1.165) is 18.0 Å². The molecule has 0 amide bonds. The largest absolute Gasteiger partial charge is 0.239 e. The number of aryl methyl sites for hydroxylation is 1. The molecule has 0 radical (unpaired) electrons. The molecule has 1 aromatic heterocycles. The quantitative estimate of drug-likeness (QED) is 0.621. The van der Waals surface area contributed by atoms with E-state index in [1.54, 1.807) is 18.0 Å². The summed E-state index contributed by atoms with van der Waals surface area (Å²) in [6, 6.07) is 0. The second kappa shape index (κ2) is 3.61. The Morgan fingerprint density at radius 1 is 1.70 bits per heavy atom. The Bertz CT molecular complexity index is 197. The van der Waals surface area contributed by atoms with Gasteiger partial charge in [-0.25, -0.2) is 4.68 Å². The van der Waals surface area contributed by atoms with Gasteiger partial charge in [0.25, 0.3) is 0 Å². The number of thioether (sulfide) groups is 1. The van der Waals surface area contributed by atoms with Crippen molar-refractivity contribution in [3.8, 4) is 0 Å². The van der Waals surface area contributed by atoms with Crippen molar-refractivity contribution in [1.29, 1.82) is 0 Å². The van der Waals surface area contributed by atoms with Crippen molar-refractivity contribution in [3.05, 3.63) is 6.20 Å². The normalized spacial score (nSPS) is 10.2. The molecule has 0 aliphatic rings. The van der Waals surface area contributed by atoms with Gasteiger partial charge in [-0.1, -0.05) is 12.1 Å². The predicted octanol–water partition coefficient (Wildman–Crippen LogP) is 1.41. The summed E-state index contributed by atoms with van der Waals surface area (Å²) in [5.74, 6) is 0. The van der Waals surface area contributed by atoms with Crippen LogP contribution in [0.2, 0.25) is 0 Å². The van der Waals surface area contributed by atoms with Gasteiger partial charge in [-0.05, 0) is 12.7 Å². The first kappa shape index (κ1) is 7.60. The molecule has 0 bridgehead atoms. The van der Waals surface area contributed by atoms with E-state index < -0.39 is 0 Å². The molecule has 56 valence electrons. The molecule has 1 aromatic rings. The Balaban J connectivity index is 2.70. The minimum Gasteiger partial charge on any atom is -0.239 e. The Hall–Kier alpha value is -0.510. The maximum absolute atomic E-state index is 3.92. The lowest BCUT2D eigenvalue weighted by molar-refractivity contribution is 0.541. The van der Waals surface area contributed by atoms with E-state index in [0.29, 0.717) is 0 Å². The van der Waals surface area contributed by atoms with E-state index in [9.17, 15) is 0 Å². The Kier molecular flexibility index (Phi) is 2.74. The fourth-order valence-corrected chi connectivity index (χ4v) is 1.26. The van der Waals surface area contributed by atoms with E-state index in [4.69, 9.17) is 0 Å². The molecule has 0 unspecified atom stereocenters. The van der Waals surface area contributed by atoms with E-state index in [2.05, 4.69) is 17.2 Å². The van der Waals surface area contributed by atoms with Crippen LogP contribution in [-0.2, 0) is 6.54 Å². The highest BCUT2D eigenvalue weighted by Gasteiger charge is 1.98. The summed E-state index contributed by atoms with van der Waals surface area (Å²) < 4.78 is 1.92. The Morgan fingerprint density at radius 3 is 3.10 bits per heavy atom. The van der Waals surface area contributed by atoms with Crippen LogP contribution in [0.25, 0.3) is 0 Å². The first-order valence-electron chi connectivity index (χ1n) is 3.31. The average molecular weight is 157 g/mol. The van der Waals surface area contributed by atoms with Gasteiger partial charge in [0.1, 0.15) is 5.03 Å². The number of nitrogens with zero attached hydrogens (tertiary/aromatic N) is 3. The molecule has 4 heteroatoms. The molecule has 0 aliphatic carbocycles. The van der Waals surface area contributed by atoms with E-state index in [1.807, 2.05) is 10.9 Å². The minimum absolute atomic E-state index is 0.968. The van der Waals surface area contributed by atoms with E-state index in [1.165, 1.54) is 0 Å². The molecule has 3 nitrogen and oxygen atoms in total. The lowest BCUT2D eigenvalue weighted by atomic mass is 10.5. The molecule has 1 rings (SSSR count). The average Bonchev–Trinajstić information content (AvgIpc) is 2.36. The smallest absolute Gasteiger partial charge is 0.114 e. The van der Waals surface area contributed by atoms with Gasteiger partial charge in [-0.2, -0.15) is 0 Å². The third-order valence-corrected chi connectivity index (χ3v) is 1.96. The van der Waals surface area contributed by atoms with Crippen LogP contribution < -0.4 is 0 Å². The van der Waals surface area contributed by atoms with Crippen molar-refractivity contribution >= 4 is 11.8 Å². The number of hydrogen-bond donors (Lipinski definition) is 0. The van der Waals surface area contributed by atoms with Crippen LogP contribution in [0, 0.1) is 0 Å². The number of hydrogen-bond acceptors (Lipinski definition) is 3. The van der Waals surface area contributed by atoms with Gasteiger partial charge in [0.05, 0.1) is 6.20 Å². The molecule has 0 saturated carbocycles. The second-order valence-electron chi connectivity index (χ2n) is 2.00. The van der Waals surface area contributed by atoms with Gasteiger partial charge >= 0.3 is 0 Å². The number of rotatable bonds is 3. The summed E-state index contributed by atoms with van der Waals surface area (Å²) in [4.78, 5) is 0. The maximum Gasteiger partial charge on any atom is 0.114 e. The summed E-state index contributed by atoms with van der Waals surface area (Å²) in [6.07, 6.45) is 4.93. The van der Waals surface area contributed by atoms with Gasteiger partial charge in [0, 0.05) is 6.54 Å². The van der Waals surface area contributed by atoms with Crippen LogP contribution in [0.5, 0.6) is 0 Å². The van der Waals surface area contributed by atoms with Gasteiger partial charge in [-0.15, -0.1) is 16.9 Å². The molecule has 0 saturated heterocycles. The van der Waals surface area contributed by atoms with E-state index >= 15 is 0 Å². The molecular weight excluding hydrogens is 146 g/mol. The van der Waals surface area contributed by atoms with Crippen LogP contribution in [0.15, 0.2) is 11.2 Å². The molecule has 0 spiro atoms. The first-order chi connectivity index (χ1) is 4.88. The van der Waals surface area contributed by atoms with Crippen molar-refractivity contribution in [2.75, 3.05) is 6.26 Å². The molecule has 1 heterocycles. The summed E-state index contributed by atoms with van der Waals surface area (Å²) in [5.41, 5.74) is 0. The van der Waals surface area contributed by atoms with Crippen molar-refractivity contribution in [3.63, 3.8) is 0 Å². The Labute approximate surface area is 64.8 Å². The SMILES string of the molecule is CCCn1nncc1SC. The molecule has 10 heavy (non-hydrogen) atoms. The highest BCUT2D eigenvalue weighted by atomic mass is 32.2. The summed E-state index contributed by atoms with van der Waals surface area (Å²) in [5, 5.41) is 8.87. The van der Waals surface area contributed by atoms with Crippen LogP contribution in [0.1, 0.15) is 13.3 Å². The number of aromatic nitrogens is 3. The fraction of sp³-hybridized carbons (Fsp3) is 0.667. The highest BCUT2D eigenvalue weighted by Crippen LogP contribution is 2.11. The van der Waals surface area contributed by atoms with Crippen molar-refractivity contribution in [1.82, 2.24) is 15.0 Å². The van der Waals surface area contributed by atoms with Crippen LogP contribution in [0.3, 0.4) is 0 Å². The molecule has 0 atom stereocenters. The van der Waals surface area contributed by atoms with Crippen LogP contribution in [-0.4, -0.2) is 21.2 Å². The van der Waals surface area contributed by atoms with Crippen LogP contribution >= 0.6 is 11.8 Å². The predicted molar refractivity (Wildman–Crippen MR) is 42.1 cm³/mol. The zero-order chi connectivity index (χ0) is 7.40. The standard InChI is InChI=1S/C6H11N3S/c1-3-4-9-6(10-2)5-7-8-9/h5H,3-4H2,1-2H3. The third kappa shape index (κ3) is 1.50. The van der Waals surface area contributed by atoms with Gasteiger partial charge in [-0.3, -0.25) is 0 Å². The highest BCUT2D eigenvalue weighted by molar-refractivity contribution is 7.98. The van der Waals surface area contributed by atoms with Crippen LogP contribution in [0.4, 0.5) is 0 Å². The zero-order valence-corrected chi connectivity index (χ0v) is 7.06. The van der Waals surface area contributed by atoms with Crippen molar-refractivity contribution in [2.24, 2.45) is 0 Å². The lowest BCUT2D eigenvalue weighted by Gasteiger charge is -1.98. The van der Waals surface area contributed by atoms with Crippen molar-refractivity contribution < 1.29 is 0 Å². The first-order valence-corrected chi connectivity index (χ1v) is 4.53.